The van der Waals surface area contributed by atoms with Crippen LogP contribution in [0.15, 0.2) is 0 Å². The third-order valence-corrected chi connectivity index (χ3v) is 2.75. The van der Waals surface area contributed by atoms with Crippen LogP contribution in [-0.4, -0.2) is 37.1 Å². The van der Waals surface area contributed by atoms with Gasteiger partial charge in [0.1, 0.15) is 0 Å². The first-order valence-electron chi connectivity index (χ1n) is 4.95. The molecular weight excluding hydrogens is 182 g/mol. The van der Waals surface area contributed by atoms with Crippen molar-refractivity contribution in [2.24, 2.45) is 0 Å². The van der Waals surface area contributed by atoms with Crippen LogP contribution in [0.1, 0.15) is 25.7 Å². The molecule has 1 aliphatic carbocycles. The Hall–Kier alpha value is -0.630. The molecule has 1 N–H and O–H groups in total. The van der Waals surface area contributed by atoms with E-state index in [0.717, 1.165) is 12.8 Å². The van der Waals surface area contributed by atoms with Crippen LogP contribution in [0.4, 0.5) is 0 Å². The van der Waals surface area contributed by atoms with Gasteiger partial charge < -0.3 is 14.6 Å². The number of rotatable bonds is 4. The van der Waals surface area contributed by atoms with Gasteiger partial charge in [0.2, 0.25) is 0 Å². The van der Waals surface area contributed by atoms with Crippen LogP contribution in [0.25, 0.3) is 0 Å². The predicted molar refractivity (Wildman–Crippen MR) is 50.6 cm³/mol. The lowest BCUT2D eigenvalue weighted by molar-refractivity contribution is -0.0675. The molecule has 0 aromatic heterocycles. The maximum Gasteiger partial charge on any atom is 0.154 e. The average Bonchev–Trinajstić information content (AvgIpc) is 2.27. The number of nitriles is 1. The zero-order valence-corrected chi connectivity index (χ0v) is 8.53. The summed E-state index contributed by atoms with van der Waals surface area (Å²) in [6.45, 7) is 0.211. The van der Waals surface area contributed by atoms with Crippen molar-refractivity contribution in [2.75, 3.05) is 20.3 Å². The minimum Gasteiger partial charge on any atom is -0.394 e. The van der Waals surface area contributed by atoms with E-state index in [4.69, 9.17) is 19.8 Å². The van der Waals surface area contributed by atoms with Gasteiger partial charge in [-0.1, -0.05) is 0 Å². The van der Waals surface area contributed by atoms with Crippen LogP contribution in [0.3, 0.4) is 0 Å². The van der Waals surface area contributed by atoms with Gasteiger partial charge >= 0.3 is 0 Å². The summed E-state index contributed by atoms with van der Waals surface area (Å²) in [6, 6.07) is 2.21. The summed E-state index contributed by atoms with van der Waals surface area (Å²) >= 11 is 0. The lowest BCUT2D eigenvalue weighted by Crippen LogP contribution is -2.38. The molecule has 0 atom stereocenters. The van der Waals surface area contributed by atoms with E-state index in [9.17, 15) is 0 Å². The first-order chi connectivity index (χ1) is 6.76. The summed E-state index contributed by atoms with van der Waals surface area (Å²) in [5, 5.41) is 17.7. The molecule has 0 unspecified atom stereocenters. The van der Waals surface area contributed by atoms with Gasteiger partial charge in [0.05, 0.1) is 25.4 Å². The van der Waals surface area contributed by atoms with E-state index in [0.29, 0.717) is 12.8 Å². The fourth-order valence-corrected chi connectivity index (χ4v) is 1.82. The van der Waals surface area contributed by atoms with Gasteiger partial charge in [-0.3, -0.25) is 0 Å². The number of aliphatic hydroxyl groups is 1. The zero-order chi connectivity index (χ0) is 10.4. The Morgan fingerprint density at radius 1 is 1.50 bits per heavy atom. The quantitative estimate of drug-likeness (QED) is 0.729. The second-order valence-electron chi connectivity index (χ2n) is 3.61. The van der Waals surface area contributed by atoms with E-state index in [1.807, 2.05) is 0 Å². The molecule has 4 heteroatoms. The molecule has 0 amide bonds. The lowest BCUT2D eigenvalue weighted by atomic mass is 9.84. The third-order valence-electron chi connectivity index (χ3n) is 2.75. The lowest BCUT2D eigenvalue weighted by Gasteiger charge is -2.34. The first-order valence-corrected chi connectivity index (χ1v) is 4.95. The Morgan fingerprint density at radius 2 is 2.14 bits per heavy atom. The summed E-state index contributed by atoms with van der Waals surface area (Å²) < 4.78 is 10.6. The van der Waals surface area contributed by atoms with Crippen molar-refractivity contribution in [3.8, 4) is 6.07 Å². The van der Waals surface area contributed by atoms with Crippen molar-refractivity contribution in [2.45, 2.75) is 37.4 Å². The standard InChI is InChI=1S/C10H17NO3/c1-13-9-2-4-10(8-11,5-3-9)14-7-6-12/h9,12H,2-7H2,1H3. The fourth-order valence-electron chi connectivity index (χ4n) is 1.82. The van der Waals surface area contributed by atoms with Gasteiger partial charge in [0.15, 0.2) is 5.60 Å². The molecule has 0 saturated heterocycles. The highest BCUT2D eigenvalue weighted by molar-refractivity contribution is 5.04. The van der Waals surface area contributed by atoms with Gasteiger partial charge in [-0.2, -0.15) is 5.26 Å². The van der Waals surface area contributed by atoms with Crippen LogP contribution in [0.2, 0.25) is 0 Å². The number of methoxy groups -OCH3 is 1. The second-order valence-corrected chi connectivity index (χ2v) is 3.61. The smallest absolute Gasteiger partial charge is 0.154 e. The molecule has 0 aromatic carbocycles. The number of hydrogen-bond donors (Lipinski definition) is 1. The molecule has 0 bridgehead atoms. The van der Waals surface area contributed by atoms with Gasteiger partial charge in [0.25, 0.3) is 0 Å². The summed E-state index contributed by atoms with van der Waals surface area (Å²) in [4.78, 5) is 0. The Kier molecular flexibility index (Phi) is 4.33. The summed E-state index contributed by atoms with van der Waals surface area (Å²) in [5.41, 5.74) is -0.683. The maximum atomic E-state index is 9.03. The van der Waals surface area contributed by atoms with E-state index in [1.54, 1.807) is 7.11 Å². The van der Waals surface area contributed by atoms with Crippen molar-refractivity contribution in [3.05, 3.63) is 0 Å². The number of ether oxygens (including phenoxy) is 2. The molecule has 0 radical (unpaired) electrons. The van der Waals surface area contributed by atoms with E-state index < -0.39 is 5.60 Å². The normalized spacial score (nSPS) is 32.5. The van der Waals surface area contributed by atoms with E-state index in [-0.39, 0.29) is 19.3 Å². The molecule has 0 aliphatic heterocycles. The highest BCUT2D eigenvalue weighted by Crippen LogP contribution is 2.32. The summed E-state index contributed by atoms with van der Waals surface area (Å²) in [6.07, 6.45) is 3.36. The van der Waals surface area contributed by atoms with Crippen molar-refractivity contribution < 1.29 is 14.6 Å². The topological polar surface area (TPSA) is 62.5 Å². The molecular formula is C10H17NO3. The Bertz CT molecular complexity index is 204. The van der Waals surface area contributed by atoms with Crippen LogP contribution >= 0.6 is 0 Å². The molecule has 80 valence electrons. The van der Waals surface area contributed by atoms with E-state index >= 15 is 0 Å². The van der Waals surface area contributed by atoms with Gasteiger partial charge in [-0.05, 0) is 25.7 Å². The largest absolute Gasteiger partial charge is 0.394 e. The minimum absolute atomic E-state index is 0.0306. The van der Waals surface area contributed by atoms with Crippen molar-refractivity contribution >= 4 is 0 Å². The Balaban J connectivity index is 2.45. The second kappa shape index (κ2) is 5.30. The van der Waals surface area contributed by atoms with Crippen LogP contribution in [0.5, 0.6) is 0 Å². The molecule has 0 spiro atoms. The van der Waals surface area contributed by atoms with Crippen LogP contribution < -0.4 is 0 Å². The van der Waals surface area contributed by atoms with Gasteiger partial charge in [-0.15, -0.1) is 0 Å². The highest BCUT2D eigenvalue weighted by atomic mass is 16.5. The minimum atomic E-state index is -0.683. The van der Waals surface area contributed by atoms with Crippen LogP contribution in [0, 0.1) is 11.3 Å². The van der Waals surface area contributed by atoms with Gasteiger partial charge in [0, 0.05) is 7.11 Å². The molecule has 1 rings (SSSR count). The van der Waals surface area contributed by atoms with Crippen LogP contribution in [-0.2, 0) is 9.47 Å². The average molecular weight is 199 g/mol. The fraction of sp³-hybridized carbons (Fsp3) is 0.900. The SMILES string of the molecule is COC1CCC(C#N)(OCCO)CC1. The number of nitrogens with zero attached hydrogens (tertiary/aromatic N) is 1. The Morgan fingerprint density at radius 3 is 2.57 bits per heavy atom. The predicted octanol–water partition coefficient (Wildman–Crippen LogP) is 0.847. The molecule has 0 aromatic rings. The molecule has 4 nitrogen and oxygen atoms in total. The summed E-state index contributed by atoms with van der Waals surface area (Å²) in [7, 11) is 1.69. The molecule has 14 heavy (non-hydrogen) atoms. The van der Waals surface area contributed by atoms with Crippen molar-refractivity contribution in [1.82, 2.24) is 0 Å². The summed E-state index contributed by atoms with van der Waals surface area (Å²) in [5.74, 6) is 0. The van der Waals surface area contributed by atoms with E-state index in [1.165, 1.54) is 0 Å². The number of aliphatic hydroxyl groups excluding tert-OH is 1. The third kappa shape index (κ3) is 2.68. The number of hydrogen-bond acceptors (Lipinski definition) is 4. The van der Waals surface area contributed by atoms with Crippen molar-refractivity contribution in [3.63, 3.8) is 0 Å². The first kappa shape index (κ1) is 11.4. The zero-order valence-electron chi connectivity index (χ0n) is 8.53. The van der Waals surface area contributed by atoms with Crippen molar-refractivity contribution in [1.29, 1.82) is 5.26 Å². The molecule has 1 aliphatic rings. The Labute approximate surface area is 84.4 Å². The van der Waals surface area contributed by atoms with Gasteiger partial charge in [-0.25, -0.2) is 0 Å². The highest BCUT2D eigenvalue weighted by Gasteiger charge is 2.36. The van der Waals surface area contributed by atoms with E-state index in [2.05, 4.69) is 6.07 Å². The monoisotopic (exact) mass is 199 g/mol. The molecule has 1 fully saturated rings. The maximum absolute atomic E-state index is 9.03. The molecule has 1 saturated carbocycles. The molecule has 0 heterocycles.